The van der Waals surface area contributed by atoms with Crippen LogP contribution in [0.1, 0.15) is 44.7 Å². The second-order valence-corrected chi connectivity index (χ2v) is 6.01. The Bertz CT molecular complexity index is 469. The summed E-state index contributed by atoms with van der Waals surface area (Å²) in [6.07, 6.45) is 0. The summed E-state index contributed by atoms with van der Waals surface area (Å²) in [6.45, 7) is 9.63. The van der Waals surface area contributed by atoms with Gasteiger partial charge in [0, 0.05) is 5.92 Å². The maximum atomic E-state index is 9.38. The molecule has 0 bridgehead atoms. The zero-order chi connectivity index (χ0) is 14.0. The van der Waals surface area contributed by atoms with E-state index < -0.39 is 10.8 Å². The molecule has 2 heteroatoms. The van der Waals surface area contributed by atoms with Gasteiger partial charge in [-0.1, -0.05) is 29.8 Å². The van der Waals surface area contributed by atoms with Gasteiger partial charge in [-0.25, -0.2) is 0 Å². The molecule has 0 spiro atoms. The summed E-state index contributed by atoms with van der Waals surface area (Å²) >= 11 is 0. The molecule has 0 heterocycles. The molecule has 0 radical (unpaired) electrons. The molecular formula is C16H20N2. The standard InChI is InChI=1S/C16H20N2/c1-12-6-8-13(9-7-12)14(15(2,3)10-17)16(4,5)11-18/h6-9,14H,1-5H3. The normalized spacial score (nSPS) is 12.0. The van der Waals surface area contributed by atoms with Crippen molar-refractivity contribution in [2.24, 2.45) is 10.8 Å². The third-order valence-electron chi connectivity index (χ3n) is 3.43. The fourth-order valence-corrected chi connectivity index (χ4v) is 2.62. The highest BCUT2D eigenvalue weighted by Gasteiger charge is 2.42. The first kappa shape index (κ1) is 14.3. The largest absolute Gasteiger partial charge is 0.198 e. The Labute approximate surface area is 110 Å². The lowest BCUT2D eigenvalue weighted by Crippen LogP contribution is -2.32. The van der Waals surface area contributed by atoms with Crippen LogP contribution in [-0.4, -0.2) is 0 Å². The number of rotatable bonds is 3. The van der Waals surface area contributed by atoms with Gasteiger partial charge < -0.3 is 0 Å². The molecule has 1 rings (SSSR count). The third kappa shape index (κ3) is 2.71. The van der Waals surface area contributed by atoms with Crippen LogP contribution in [0, 0.1) is 40.4 Å². The Kier molecular flexibility index (Phi) is 3.82. The van der Waals surface area contributed by atoms with Gasteiger partial charge in [0.05, 0.1) is 23.0 Å². The van der Waals surface area contributed by atoms with E-state index in [0.717, 1.165) is 5.56 Å². The van der Waals surface area contributed by atoms with Crippen molar-refractivity contribution in [2.75, 3.05) is 0 Å². The van der Waals surface area contributed by atoms with Gasteiger partial charge in [-0.2, -0.15) is 10.5 Å². The smallest absolute Gasteiger partial charge is 0.0690 e. The van der Waals surface area contributed by atoms with Crippen molar-refractivity contribution >= 4 is 0 Å². The minimum Gasteiger partial charge on any atom is -0.198 e. The number of nitrogens with zero attached hydrogens (tertiary/aromatic N) is 2. The fourth-order valence-electron chi connectivity index (χ4n) is 2.62. The summed E-state index contributed by atoms with van der Waals surface area (Å²) < 4.78 is 0. The van der Waals surface area contributed by atoms with E-state index in [2.05, 4.69) is 12.1 Å². The van der Waals surface area contributed by atoms with Crippen molar-refractivity contribution in [1.82, 2.24) is 0 Å². The van der Waals surface area contributed by atoms with E-state index in [1.54, 1.807) is 0 Å². The van der Waals surface area contributed by atoms with Crippen molar-refractivity contribution < 1.29 is 0 Å². The molecule has 0 saturated carbocycles. The van der Waals surface area contributed by atoms with Crippen LogP contribution in [0.4, 0.5) is 0 Å². The van der Waals surface area contributed by atoms with Crippen molar-refractivity contribution in [3.05, 3.63) is 35.4 Å². The van der Waals surface area contributed by atoms with Crippen LogP contribution in [0.25, 0.3) is 0 Å². The molecule has 0 aliphatic carbocycles. The lowest BCUT2D eigenvalue weighted by Gasteiger charge is -2.37. The predicted molar refractivity (Wildman–Crippen MR) is 72.7 cm³/mol. The van der Waals surface area contributed by atoms with Crippen LogP contribution in [0.2, 0.25) is 0 Å². The zero-order valence-corrected chi connectivity index (χ0v) is 11.8. The fraction of sp³-hybridized carbons (Fsp3) is 0.500. The van der Waals surface area contributed by atoms with Crippen molar-refractivity contribution in [3.8, 4) is 12.1 Å². The molecule has 0 N–H and O–H groups in total. The summed E-state index contributed by atoms with van der Waals surface area (Å²) in [4.78, 5) is 0. The average molecular weight is 240 g/mol. The minimum absolute atomic E-state index is 0.111. The van der Waals surface area contributed by atoms with E-state index in [0.29, 0.717) is 0 Å². The number of benzene rings is 1. The molecule has 94 valence electrons. The van der Waals surface area contributed by atoms with Gasteiger partial charge in [0.2, 0.25) is 0 Å². The van der Waals surface area contributed by atoms with Crippen LogP contribution in [0.15, 0.2) is 24.3 Å². The summed E-state index contributed by atoms with van der Waals surface area (Å²) in [5, 5.41) is 18.8. The lowest BCUT2D eigenvalue weighted by atomic mass is 9.63. The molecule has 0 amide bonds. The van der Waals surface area contributed by atoms with E-state index in [4.69, 9.17) is 0 Å². The molecule has 0 atom stereocenters. The van der Waals surface area contributed by atoms with Gasteiger partial charge in [-0.15, -0.1) is 0 Å². The Hall–Kier alpha value is -1.80. The number of aryl methyl sites for hydroxylation is 1. The first-order valence-electron chi connectivity index (χ1n) is 6.13. The molecule has 0 saturated heterocycles. The molecule has 2 nitrogen and oxygen atoms in total. The topological polar surface area (TPSA) is 47.6 Å². The van der Waals surface area contributed by atoms with E-state index in [1.165, 1.54) is 5.56 Å². The van der Waals surface area contributed by atoms with Gasteiger partial charge in [-0.3, -0.25) is 0 Å². The molecule has 0 fully saturated rings. The van der Waals surface area contributed by atoms with Crippen LogP contribution >= 0.6 is 0 Å². The van der Waals surface area contributed by atoms with Crippen LogP contribution in [0.3, 0.4) is 0 Å². The zero-order valence-electron chi connectivity index (χ0n) is 11.8. The molecule has 0 aliphatic heterocycles. The SMILES string of the molecule is Cc1ccc(C(C(C)(C)C#N)C(C)(C)C#N)cc1. The van der Waals surface area contributed by atoms with Crippen LogP contribution in [0.5, 0.6) is 0 Å². The Morgan fingerprint density at radius 2 is 1.28 bits per heavy atom. The summed E-state index contributed by atoms with van der Waals surface area (Å²) in [5.41, 5.74) is 1.09. The average Bonchev–Trinajstić information content (AvgIpc) is 2.31. The number of hydrogen-bond donors (Lipinski definition) is 0. The molecular weight excluding hydrogens is 220 g/mol. The third-order valence-corrected chi connectivity index (χ3v) is 3.43. The summed E-state index contributed by atoms with van der Waals surface area (Å²) in [7, 11) is 0. The van der Waals surface area contributed by atoms with Crippen LogP contribution < -0.4 is 0 Å². The maximum absolute atomic E-state index is 9.38. The van der Waals surface area contributed by atoms with E-state index >= 15 is 0 Å². The van der Waals surface area contributed by atoms with Gasteiger partial charge in [0.25, 0.3) is 0 Å². The Morgan fingerprint density at radius 3 is 1.61 bits per heavy atom. The van der Waals surface area contributed by atoms with Crippen molar-refractivity contribution in [1.29, 1.82) is 10.5 Å². The Morgan fingerprint density at radius 1 is 0.889 bits per heavy atom. The maximum Gasteiger partial charge on any atom is 0.0690 e. The minimum atomic E-state index is -0.575. The predicted octanol–water partition coefficient (Wildman–Crippen LogP) is 4.18. The first-order chi connectivity index (χ1) is 8.24. The van der Waals surface area contributed by atoms with Gasteiger partial charge in [0.1, 0.15) is 0 Å². The second kappa shape index (κ2) is 4.83. The summed E-state index contributed by atoms with van der Waals surface area (Å²) in [6, 6.07) is 12.8. The second-order valence-electron chi connectivity index (χ2n) is 6.01. The van der Waals surface area contributed by atoms with Crippen molar-refractivity contribution in [2.45, 2.75) is 40.5 Å². The van der Waals surface area contributed by atoms with Crippen molar-refractivity contribution in [3.63, 3.8) is 0 Å². The highest BCUT2D eigenvalue weighted by Crippen LogP contribution is 2.47. The lowest BCUT2D eigenvalue weighted by molar-refractivity contribution is 0.246. The van der Waals surface area contributed by atoms with Gasteiger partial charge in [0.15, 0.2) is 0 Å². The van der Waals surface area contributed by atoms with Gasteiger partial charge in [-0.05, 0) is 40.2 Å². The molecule has 1 aromatic rings. The monoisotopic (exact) mass is 240 g/mol. The van der Waals surface area contributed by atoms with E-state index in [-0.39, 0.29) is 5.92 Å². The Balaban J connectivity index is 3.37. The first-order valence-corrected chi connectivity index (χ1v) is 6.13. The van der Waals surface area contributed by atoms with E-state index in [1.807, 2.05) is 58.9 Å². The highest BCUT2D eigenvalue weighted by molar-refractivity contribution is 5.31. The molecule has 0 aromatic heterocycles. The molecule has 0 unspecified atom stereocenters. The van der Waals surface area contributed by atoms with E-state index in [9.17, 15) is 10.5 Å². The quantitative estimate of drug-likeness (QED) is 0.795. The molecule has 0 aliphatic rings. The molecule has 18 heavy (non-hydrogen) atoms. The summed E-state index contributed by atoms with van der Waals surface area (Å²) in [5.74, 6) is -0.111. The number of nitriles is 2. The van der Waals surface area contributed by atoms with Crippen LogP contribution in [-0.2, 0) is 0 Å². The number of hydrogen-bond acceptors (Lipinski definition) is 2. The molecule has 1 aromatic carbocycles. The van der Waals surface area contributed by atoms with Gasteiger partial charge >= 0.3 is 0 Å². The highest BCUT2D eigenvalue weighted by atomic mass is 14.5.